The molecule has 0 radical (unpaired) electrons. The fourth-order valence-corrected chi connectivity index (χ4v) is 4.48. The molecule has 0 fully saturated rings. The van der Waals surface area contributed by atoms with Crippen molar-refractivity contribution in [2.75, 3.05) is 17.7 Å². The molecule has 0 aliphatic rings. The average molecular weight is 596 g/mol. The van der Waals surface area contributed by atoms with Gasteiger partial charge in [0.25, 0.3) is 0 Å². The van der Waals surface area contributed by atoms with Crippen molar-refractivity contribution < 1.29 is 29.0 Å². The summed E-state index contributed by atoms with van der Waals surface area (Å²) < 4.78 is 11.6. The van der Waals surface area contributed by atoms with Crippen molar-refractivity contribution in [3.05, 3.63) is 119 Å². The number of benzene rings is 4. The average Bonchev–Trinajstić information content (AvgIpc) is 3.02. The zero-order valence-electron chi connectivity index (χ0n) is 24.2. The van der Waals surface area contributed by atoms with E-state index in [1.165, 1.54) is 14.0 Å². The van der Waals surface area contributed by atoms with Crippen LogP contribution in [0.2, 0.25) is 0 Å². The molecule has 11 heteroatoms. The molecule has 0 spiro atoms. The normalized spacial score (nSPS) is 11.9. The molecule has 0 heterocycles. The largest absolute Gasteiger partial charge is 0.493 e. The number of amides is 2. The molecule has 0 saturated heterocycles. The number of carboxylic acid groups (broad SMARTS) is 1. The number of carbonyl (C=O) groups is 3. The predicted molar refractivity (Wildman–Crippen MR) is 167 cm³/mol. The first-order valence-electron chi connectivity index (χ1n) is 13.6. The fourth-order valence-electron chi connectivity index (χ4n) is 4.48. The molecular weight excluding hydrogens is 562 g/mol. The van der Waals surface area contributed by atoms with Crippen molar-refractivity contribution in [3.63, 3.8) is 0 Å². The van der Waals surface area contributed by atoms with Crippen LogP contribution in [-0.4, -0.2) is 35.8 Å². The second-order valence-corrected chi connectivity index (χ2v) is 9.80. The van der Waals surface area contributed by atoms with Crippen molar-refractivity contribution in [1.29, 1.82) is 5.41 Å². The summed E-state index contributed by atoms with van der Waals surface area (Å²) in [6.45, 7) is 1.55. The Labute approximate surface area is 254 Å². The zero-order valence-corrected chi connectivity index (χ0v) is 24.2. The number of carboxylic acids is 1. The Balaban J connectivity index is 1.78. The van der Waals surface area contributed by atoms with Crippen molar-refractivity contribution in [3.8, 4) is 11.5 Å². The van der Waals surface area contributed by atoms with Crippen molar-refractivity contribution in [2.45, 2.75) is 25.6 Å². The van der Waals surface area contributed by atoms with E-state index < -0.39 is 29.9 Å². The highest BCUT2D eigenvalue weighted by Crippen LogP contribution is 2.38. The number of rotatable bonds is 13. The van der Waals surface area contributed by atoms with Gasteiger partial charge in [-0.2, -0.15) is 0 Å². The van der Waals surface area contributed by atoms with E-state index in [9.17, 15) is 19.5 Å². The molecule has 4 aromatic rings. The second-order valence-electron chi connectivity index (χ2n) is 9.80. The van der Waals surface area contributed by atoms with Gasteiger partial charge in [-0.05, 0) is 41.5 Å². The highest BCUT2D eigenvalue weighted by Gasteiger charge is 2.30. The Hall–Kier alpha value is -5.84. The van der Waals surface area contributed by atoms with Crippen LogP contribution in [0.4, 0.5) is 11.4 Å². The van der Waals surface area contributed by atoms with Gasteiger partial charge < -0.3 is 36.3 Å². The number of methoxy groups -OCH3 is 1. The van der Waals surface area contributed by atoms with Crippen LogP contribution in [0.25, 0.3) is 0 Å². The molecule has 0 saturated carbocycles. The standard InChI is InChI=1S/C33H33N5O6/c1-20(39)36-26-18-28(44-19-21-9-5-3-6-10-21)27(43-2)17-25(26)30(37-24-15-13-23(14-16-24)31(34)35)32(40)38-29(33(41)42)22-11-7-4-8-12-22/h3-18,29-30,37H,19H2,1-2H3,(H3,34,35)(H,36,39)(H,38,40)(H,41,42)/t29-,30-/m0/s1. The van der Waals surface area contributed by atoms with Crippen LogP contribution < -0.4 is 31.2 Å². The summed E-state index contributed by atoms with van der Waals surface area (Å²) in [5.74, 6) is -1.86. The van der Waals surface area contributed by atoms with Crippen LogP contribution in [0.1, 0.15) is 41.3 Å². The van der Waals surface area contributed by atoms with E-state index in [1.807, 2.05) is 30.3 Å². The molecule has 0 aliphatic carbocycles. The van der Waals surface area contributed by atoms with Crippen molar-refractivity contribution >= 4 is 35.0 Å². The van der Waals surface area contributed by atoms with Crippen LogP contribution in [0.3, 0.4) is 0 Å². The number of carbonyl (C=O) groups excluding carboxylic acids is 2. The topological polar surface area (TPSA) is 176 Å². The number of nitrogen functional groups attached to an aromatic ring is 1. The van der Waals surface area contributed by atoms with Gasteiger partial charge in [0.1, 0.15) is 18.5 Å². The van der Waals surface area contributed by atoms with Crippen LogP contribution in [0.15, 0.2) is 97.1 Å². The first kappa shape index (κ1) is 31.1. The minimum absolute atomic E-state index is 0.123. The summed E-state index contributed by atoms with van der Waals surface area (Å²) in [6.07, 6.45) is 0. The molecule has 0 unspecified atom stereocenters. The number of nitrogens with two attached hydrogens (primary N) is 1. The monoisotopic (exact) mass is 595 g/mol. The highest BCUT2D eigenvalue weighted by atomic mass is 16.5. The van der Waals surface area contributed by atoms with Gasteiger partial charge in [-0.25, -0.2) is 4.79 Å². The molecule has 7 N–H and O–H groups in total. The van der Waals surface area contributed by atoms with E-state index in [1.54, 1.807) is 66.7 Å². The second kappa shape index (κ2) is 14.4. The SMILES string of the molecule is COc1cc([C@H](Nc2ccc(C(=N)N)cc2)C(=O)N[C@H](C(=O)O)c2ccccc2)c(NC(C)=O)cc1OCc1ccccc1. The molecule has 44 heavy (non-hydrogen) atoms. The first-order chi connectivity index (χ1) is 21.2. The maximum absolute atomic E-state index is 14.0. The Morgan fingerprint density at radius 2 is 1.52 bits per heavy atom. The highest BCUT2D eigenvalue weighted by molar-refractivity contribution is 5.96. The predicted octanol–water partition coefficient (Wildman–Crippen LogP) is 4.61. The van der Waals surface area contributed by atoms with E-state index in [4.69, 9.17) is 20.6 Å². The molecule has 0 aromatic heterocycles. The number of amidine groups is 1. The lowest BCUT2D eigenvalue weighted by atomic mass is 10.00. The summed E-state index contributed by atoms with van der Waals surface area (Å²) in [5, 5.41) is 26.2. The minimum Gasteiger partial charge on any atom is -0.493 e. The molecule has 2 amide bonds. The van der Waals surface area contributed by atoms with E-state index >= 15 is 0 Å². The van der Waals surface area contributed by atoms with Crippen LogP contribution >= 0.6 is 0 Å². The molecule has 4 rings (SSSR count). The van der Waals surface area contributed by atoms with Crippen molar-refractivity contribution in [2.24, 2.45) is 5.73 Å². The van der Waals surface area contributed by atoms with Gasteiger partial charge in [-0.1, -0.05) is 60.7 Å². The lowest BCUT2D eigenvalue weighted by Crippen LogP contribution is -2.39. The Kier molecular flexibility index (Phi) is 10.2. The summed E-state index contributed by atoms with van der Waals surface area (Å²) >= 11 is 0. The molecule has 4 aromatic carbocycles. The Morgan fingerprint density at radius 3 is 2.09 bits per heavy atom. The number of hydrogen-bond donors (Lipinski definition) is 6. The molecule has 2 atom stereocenters. The van der Waals surface area contributed by atoms with E-state index in [2.05, 4.69) is 16.0 Å². The summed E-state index contributed by atoms with van der Waals surface area (Å²) in [6, 6.07) is 24.8. The number of nitrogens with one attached hydrogen (secondary N) is 4. The molecule has 11 nitrogen and oxygen atoms in total. The van der Waals surface area contributed by atoms with Gasteiger partial charge in [0.15, 0.2) is 17.5 Å². The molecule has 0 aliphatic heterocycles. The van der Waals surface area contributed by atoms with Gasteiger partial charge in [-0.15, -0.1) is 0 Å². The van der Waals surface area contributed by atoms with E-state index in [0.29, 0.717) is 22.6 Å². The van der Waals surface area contributed by atoms with Gasteiger partial charge in [0.2, 0.25) is 11.8 Å². The van der Waals surface area contributed by atoms with Crippen LogP contribution in [0, 0.1) is 5.41 Å². The van der Waals surface area contributed by atoms with Crippen LogP contribution in [-0.2, 0) is 21.0 Å². The number of hydrogen-bond acceptors (Lipinski definition) is 7. The number of aliphatic carboxylic acids is 1. The van der Waals surface area contributed by atoms with Gasteiger partial charge >= 0.3 is 5.97 Å². The number of ether oxygens (including phenoxy) is 2. The van der Waals surface area contributed by atoms with Crippen molar-refractivity contribution in [1.82, 2.24) is 5.32 Å². The fraction of sp³-hybridized carbons (Fsp3) is 0.152. The minimum atomic E-state index is -1.35. The van der Waals surface area contributed by atoms with E-state index in [0.717, 1.165) is 5.56 Å². The summed E-state index contributed by atoms with van der Waals surface area (Å²) in [4.78, 5) is 38.5. The smallest absolute Gasteiger partial charge is 0.330 e. The molecule has 0 bridgehead atoms. The third-order valence-electron chi connectivity index (χ3n) is 6.63. The van der Waals surface area contributed by atoms with E-state index in [-0.39, 0.29) is 29.4 Å². The third kappa shape index (κ3) is 7.91. The van der Waals surface area contributed by atoms with Gasteiger partial charge in [0.05, 0.1) is 12.8 Å². The Morgan fingerprint density at radius 1 is 0.886 bits per heavy atom. The lowest BCUT2D eigenvalue weighted by Gasteiger charge is -2.26. The lowest BCUT2D eigenvalue weighted by molar-refractivity contribution is -0.142. The maximum atomic E-state index is 14.0. The number of anilines is 2. The third-order valence-corrected chi connectivity index (χ3v) is 6.63. The van der Waals surface area contributed by atoms with Gasteiger partial charge in [-0.3, -0.25) is 15.0 Å². The summed E-state index contributed by atoms with van der Waals surface area (Å²) in [7, 11) is 1.45. The van der Waals surface area contributed by atoms with Crippen LogP contribution in [0.5, 0.6) is 11.5 Å². The quantitative estimate of drug-likeness (QED) is 0.0959. The maximum Gasteiger partial charge on any atom is 0.330 e. The summed E-state index contributed by atoms with van der Waals surface area (Å²) in [5.41, 5.74) is 8.37. The molecular formula is C33H33N5O6. The Bertz CT molecular complexity index is 1630. The first-order valence-corrected chi connectivity index (χ1v) is 13.6. The zero-order chi connectivity index (χ0) is 31.6. The molecule has 226 valence electrons. The van der Waals surface area contributed by atoms with Gasteiger partial charge in [0, 0.05) is 29.8 Å².